The lowest BCUT2D eigenvalue weighted by molar-refractivity contribution is -0.150. The van der Waals surface area contributed by atoms with Gasteiger partial charge in [-0.05, 0) is 19.4 Å². The molecule has 0 bridgehead atoms. The third kappa shape index (κ3) is 2.82. The Labute approximate surface area is 96.0 Å². The predicted octanol–water partition coefficient (Wildman–Crippen LogP) is 1.74. The van der Waals surface area contributed by atoms with E-state index in [9.17, 15) is 5.11 Å². The Kier molecular flexibility index (Phi) is 3.28. The van der Waals surface area contributed by atoms with Crippen molar-refractivity contribution in [2.24, 2.45) is 0 Å². The highest BCUT2D eigenvalue weighted by molar-refractivity contribution is 5.15. The van der Waals surface area contributed by atoms with Gasteiger partial charge in [-0.2, -0.15) is 0 Å². The van der Waals surface area contributed by atoms with Crippen LogP contribution in [0.15, 0.2) is 30.3 Å². The van der Waals surface area contributed by atoms with Crippen molar-refractivity contribution in [3.8, 4) is 0 Å². The second kappa shape index (κ2) is 4.53. The van der Waals surface area contributed by atoms with Crippen molar-refractivity contribution < 1.29 is 14.6 Å². The highest BCUT2D eigenvalue weighted by atomic mass is 16.7. The van der Waals surface area contributed by atoms with Crippen LogP contribution in [-0.4, -0.2) is 29.7 Å². The monoisotopic (exact) mass is 222 g/mol. The number of benzene rings is 1. The van der Waals surface area contributed by atoms with Gasteiger partial charge >= 0.3 is 0 Å². The van der Waals surface area contributed by atoms with Crippen LogP contribution in [-0.2, 0) is 15.9 Å². The Hall–Kier alpha value is -0.900. The second-order valence-electron chi connectivity index (χ2n) is 4.62. The third-order valence-corrected chi connectivity index (χ3v) is 2.75. The summed E-state index contributed by atoms with van der Waals surface area (Å²) in [5.41, 5.74) is 1.11. The summed E-state index contributed by atoms with van der Waals surface area (Å²) in [7, 11) is 0. The van der Waals surface area contributed by atoms with E-state index in [1.54, 1.807) is 0 Å². The Bertz CT molecular complexity index is 334. The molecule has 0 aliphatic carbocycles. The molecule has 3 heteroatoms. The smallest absolute Gasteiger partial charge is 0.163 e. The SMILES string of the molecule is CC1(C)OC[C@@H]([C@H](O)Cc2ccccc2)O1. The maximum Gasteiger partial charge on any atom is 0.163 e. The van der Waals surface area contributed by atoms with Crippen molar-refractivity contribution in [3.05, 3.63) is 35.9 Å². The molecule has 1 N–H and O–H groups in total. The van der Waals surface area contributed by atoms with Crippen molar-refractivity contribution in [1.29, 1.82) is 0 Å². The minimum atomic E-state index is -0.567. The van der Waals surface area contributed by atoms with Crippen molar-refractivity contribution in [1.82, 2.24) is 0 Å². The molecule has 0 saturated carbocycles. The molecule has 1 fully saturated rings. The van der Waals surface area contributed by atoms with Crippen LogP contribution in [0.4, 0.5) is 0 Å². The summed E-state index contributed by atoms with van der Waals surface area (Å²) in [5, 5.41) is 10.0. The van der Waals surface area contributed by atoms with Crippen LogP contribution in [0.1, 0.15) is 19.4 Å². The zero-order chi connectivity index (χ0) is 11.6. The Balaban J connectivity index is 1.92. The van der Waals surface area contributed by atoms with Gasteiger partial charge in [0.25, 0.3) is 0 Å². The molecule has 0 aromatic heterocycles. The normalized spacial score (nSPS) is 25.6. The first-order valence-electron chi connectivity index (χ1n) is 5.60. The first-order valence-corrected chi connectivity index (χ1v) is 5.60. The second-order valence-corrected chi connectivity index (χ2v) is 4.62. The molecule has 88 valence electrons. The molecule has 0 unspecified atom stereocenters. The number of hydrogen-bond donors (Lipinski definition) is 1. The molecule has 0 amide bonds. The van der Waals surface area contributed by atoms with E-state index in [0.717, 1.165) is 5.56 Å². The number of aliphatic hydroxyl groups excluding tert-OH is 1. The first kappa shape index (κ1) is 11.6. The Morgan fingerprint density at radius 1 is 1.38 bits per heavy atom. The molecule has 1 heterocycles. The van der Waals surface area contributed by atoms with Crippen LogP contribution in [0.25, 0.3) is 0 Å². The van der Waals surface area contributed by atoms with E-state index >= 15 is 0 Å². The van der Waals surface area contributed by atoms with Crippen LogP contribution in [0, 0.1) is 0 Å². The van der Waals surface area contributed by atoms with E-state index in [4.69, 9.17) is 9.47 Å². The fraction of sp³-hybridized carbons (Fsp3) is 0.538. The molecule has 1 aromatic carbocycles. The lowest BCUT2D eigenvalue weighted by atomic mass is 10.0. The molecule has 3 nitrogen and oxygen atoms in total. The quantitative estimate of drug-likeness (QED) is 0.846. The molecule has 2 atom stereocenters. The molecule has 1 aliphatic rings. The molecule has 1 saturated heterocycles. The molecule has 1 aliphatic heterocycles. The summed E-state index contributed by atoms with van der Waals surface area (Å²) in [5.74, 6) is -0.567. The van der Waals surface area contributed by atoms with E-state index in [2.05, 4.69) is 0 Å². The standard InChI is InChI=1S/C13H18O3/c1-13(2)15-9-12(16-13)11(14)8-10-6-4-3-5-7-10/h3-7,11-12,14H,8-9H2,1-2H3/t11-,12+/m1/s1. The lowest BCUT2D eigenvalue weighted by Gasteiger charge is -2.20. The number of ether oxygens (including phenoxy) is 2. The molecular formula is C13H18O3. The average Bonchev–Trinajstić information content (AvgIpc) is 2.60. The van der Waals surface area contributed by atoms with E-state index in [1.807, 2.05) is 44.2 Å². The van der Waals surface area contributed by atoms with Gasteiger partial charge in [-0.1, -0.05) is 30.3 Å². The molecule has 16 heavy (non-hydrogen) atoms. The van der Waals surface area contributed by atoms with E-state index < -0.39 is 11.9 Å². The van der Waals surface area contributed by atoms with Crippen LogP contribution >= 0.6 is 0 Å². The van der Waals surface area contributed by atoms with Gasteiger partial charge in [0.15, 0.2) is 5.79 Å². The minimum Gasteiger partial charge on any atom is -0.390 e. The molecule has 0 radical (unpaired) electrons. The summed E-state index contributed by atoms with van der Waals surface area (Å²) in [4.78, 5) is 0. The minimum absolute atomic E-state index is 0.227. The predicted molar refractivity (Wildman–Crippen MR) is 61.1 cm³/mol. The summed E-state index contributed by atoms with van der Waals surface area (Å²) < 4.78 is 11.0. The van der Waals surface area contributed by atoms with E-state index in [-0.39, 0.29) is 6.10 Å². The maximum absolute atomic E-state index is 10.0. The average molecular weight is 222 g/mol. The third-order valence-electron chi connectivity index (χ3n) is 2.75. The zero-order valence-corrected chi connectivity index (χ0v) is 9.72. The van der Waals surface area contributed by atoms with Crippen molar-refractivity contribution in [3.63, 3.8) is 0 Å². The fourth-order valence-electron chi connectivity index (χ4n) is 1.89. The van der Waals surface area contributed by atoms with Crippen molar-refractivity contribution in [2.75, 3.05) is 6.61 Å². The Morgan fingerprint density at radius 2 is 2.06 bits per heavy atom. The van der Waals surface area contributed by atoms with Crippen LogP contribution < -0.4 is 0 Å². The van der Waals surface area contributed by atoms with Gasteiger partial charge in [0.1, 0.15) is 6.10 Å². The molecule has 2 rings (SSSR count). The Morgan fingerprint density at radius 3 is 2.62 bits per heavy atom. The van der Waals surface area contributed by atoms with E-state index in [1.165, 1.54) is 0 Å². The van der Waals surface area contributed by atoms with Gasteiger partial charge in [-0.15, -0.1) is 0 Å². The van der Waals surface area contributed by atoms with Crippen LogP contribution in [0.5, 0.6) is 0 Å². The summed E-state index contributed by atoms with van der Waals surface area (Å²) in [6.45, 7) is 4.19. The van der Waals surface area contributed by atoms with Crippen LogP contribution in [0.3, 0.4) is 0 Å². The number of rotatable bonds is 3. The van der Waals surface area contributed by atoms with Crippen molar-refractivity contribution in [2.45, 2.75) is 38.3 Å². The maximum atomic E-state index is 10.0. The summed E-state index contributed by atoms with van der Waals surface area (Å²) >= 11 is 0. The van der Waals surface area contributed by atoms with Crippen LogP contribution in [0.2, 0.25) is 0 Å². The largest absolute Gasteiger partial charge is 0.390 e. The summed E-state index contributed by atoms with van der Waals surface area (Å²) in [6.07, 6.45) is -0.135. The van der Waals surface area contributed by atoms with Gasteiger partial charge in [0.05, 0.1) is 12.7 Å². The van der Waals surface area contributed by atoms with E-state index in [0.29, 0.717) is 13.0 Å². The fourth-order valence-corrected chi connectivity index (χ4v) is 1.89. The summed E-state index contributed by atoms with van der Waals surface area (Å²) in [6, 6.07) is 9.92. The molecule has 1 aromatic rings. The van der Waals surface area contributed by atoms with Gasteiger partial charge in [0.2, 0.25) is 0 Å². The van der Waals surface area contributed by atoms with Crippen molar-refractivity contribution >= 4 is 0 Å². The highest BCUT2D eigenvalue weighted by Crippen LogP contribution is 2.25. The van der Waals surface area contributed by atoms with Gasteiger partial charge in [-0.3, -0.25) is 0 Å². The van der Waals surface area contributed by atoms with Gasteiger partial charge in [0, 0.05) is 6.42 Å². The first-order chi connectivity index (χ1) is 7.57. The van der Waals surface area contributed by atoms with Gasteiger partial charge < -0.3 is 14.6 Å². The number of hydrogen-bond acceptors (Lipinski definition) is 3. The lowest BCUT2D eigenvalue weighted by Crippen LogP contribution is -2.32. The zero-order valence-electron chi connectivity index (χ0n) is 9.72. The van der Waals surface area contributed by atoms with Gasteiger partial charge in [-0.25, -0.2) is 0 Å². The topological polar surface area (TPSA) is 38.7 Å². The number of aliphatic hydroxyl groups is 1. The molecular weight excluding hydrogens is 204 g/mol. The highest BCUT2D eigenvalue weighted by Gasteiger charge is 2.36. The molecule has 0 spiro atoms.